The lowest BCUT2D eigenvalue weighted by atomic mass is 10.0. The number of thiazole rings is 3. The van der Waals surface area contributed by atoms with E-state index in [2.05, 4.69) is 49.5 Å². The maximum absolute atomic E-state index is 14.7. The molecule has 3 aliphatic rings. The summed E-state index contributed by atoms with van der Waals surface area (Å²) in [6.45, 7) is 13.2. The highest BCUT2D eigenvalue weighted by Gasteiger charge is 2.37. The van der Waals surface area contributed by atoms with Gasteiger partial charge in [-0.3, -0.25) is 14.4 Å². The molecule has 6 aromatic heterocycles. The summed E-state index contributed by atoms with van der Waals surface area (Å²) in [6, 6.07) is 25.9. The van der Waals surface area contributed by atoms with Crippen molar-refractivity contribution >= 4 is 63.3 Å². The molecule has 0 aliphatic carbocycles. The van der Waals surface area contributed by atoms with Crippen molar-refractivity contribution in [3.05, 3.63) is 244 Å². The molecule has 16 nitrogen and oxygen atoms in total. The average molecular weight is 1470 g/mol. The van der Waals surface area contributed by atoms with Gasteiger partial charge < -0.3 is 34.8 Å². The first-order chi connectivity index (χ1) is 48.5. The van der Waals surface area contributed by atoms with Crippen molar-refractivity contribution < 1.29 is 60.4 Å². The molecule has 9 heterocycles. The highest BCUT2D eigenvalue weighted by atomic mass is 35.5. The van der Waals surface area contributed by atoms with Crippen LogP contribution in [0.3, 0.4) is 0 Å². The smallest absolute Gasteiger partial charge is 0.257 e. The molecule has 0 atom stereocenters. The lowest BCUT2D eigenvalue weighted by Crippen LogP contribution is -2.23. The third-order valence-corrected chi connectivity index (χ3v) is 19.4. The number of aliphatic hydroxyl groups excluding tert-OH is 2. The molecule has 3 aliphatic heterocycles. The summed E-state index contributed by atoms with van der Waals surface area (Å²) in [5.41, 5.74) is 10.7. The van der Waals surface area contributed by atoms with Crippen LogP contribution in [0.4, 0.5) is 26.3 Å². The number of amides is 3. The molecule has 14 rings (SSSR count). The van der Waals surface area contributed by atoms with Gasteiger partial charge in [-0.2, -0.15) is 0 Å². The third kappa shape index (κ3) is 16.0. The highest BCUT2D eigenvalue weighted by molar-refractivity contribution is 7.13. The maximum atomic E-state index is 14.7. The predicted molar refractivity (Wildman–Crippen MR) is 383 cm³/mol. The van der Waals surface area contributed by atoms with Gasteiger partial charge >= 0.3 is 0 Å². The average Bonchev–Trinajstić information content (AvgIpc) is 1.59. The number of benzene rings is 5. The molecule has 0 unspecified atom stereocenters. The molecule has 3 N–H and O–H groups in total. The number of ether oxygens (including phenoxy) is 2. The Labute approximate surface area is 602 Å². The van der Waals surface area contributed by atoms with E-state index in [0.717, 1.165) is 34.6 Å². The number of halogens is 7. The van der Waals surface area contributed by atoms with E-state index in [1.165, 1.54) is 96.0 Å². The predicted octanol–water partition coefficient (Wildman–Crippen LogP) is 17.7. The van der Waals surface area contributed by atoms with Crippen molar-refractivity contribution in [1.29, 1.82) is 0 Å². The molecule has 0 saturated carbocycles. The van der Waals surface area contributed by atoms with Crippen molar-refractivity contribution in [3.63, 3.8) is 0 Å². The van der Waals surface area contributed by atoms with Crippen molar-refractivity contribution in [3.8, 4) is 66.4 Å². The molecule has 0 saturated heterocycles. The molecule has 11 aromatic rings. The van der Waals surface area contributed by atoms with E-state index in [1.807, 2.05) is 50.0 Å². The lowest BCUT2D eigenvalue weighted by molar-refractivity contribution is 0.0758. The number of carbonyl (C=O) groups excluding carboxylic acids is 3. The normalized spacial score (nSPS) is 12.7. The number of carbonyl (C=O) groups is 3. The molecule has 102 heavy (non-hydrogen) atoms. The van der Waals surface area contributed by atoms with Gasteiger partial charge in [-0.05, 0) is 95.6 Å². The largest absolute Gasteiger partial charge is 0.496 e. The number of hydrogen-bond acceptors (Lipinski definition) is 16. The Morgan fingerprint density at radius 1 is 0.510 bits per heavy atom. The second-order valence-corrected chi connectivity index (χ2v) is 27.3. The van der Waals surface area contributed by atoms with Crippen LogP contribution in [0, 0.1) is 34.9 Å². The van der Waals surface area contributed by atoms with E-state index in [9.17, 15) is 50.9 Å². The number of hydrogen-bond donors (Lipinski definition) is 3. The number of aromatic nitrogens is 6. The fraction of sp³-hybridized carbons (Fsp3) is 0.250. The summed E-state index contributed by atoms with van der Waals surface area (Å²) in [4.78, 5) is 68.6. The Balaban J connectivity index is 0.000000157. The van der Waals surface area contributed by atoms with E-state index in [4.69, 9.17) is 26.1 Å². The molecule has 26 heteroatoms. The zero-order valence-corrected chi connectivity index (χ0v) is 59.0. The number of pyridine rings is 3. The van der Waals surface area contributed by atoms with Crippen molar-refractivity contribution in [2.75, 3.05) is 14.2 Å². The molecular formula is C76H70ClF6N9O7S3. The molecule has 0 bridgehead atoms. The van der Waals surface area contributed by atoms with Crippen LogP contribution in [-0.2, 0) is 45.9 Å². The van der Waals surface area contributed by atoms with Gasteiger partial charge in [-0.25, -0.2) is 56.2 Å². The van der Waals surface area contributed by atoms with E-state index in [1.54, 1.807) is 58.7 Å². The Morgan fingerprint density at radius 2 is 0.912 bits per heavy atom. The second kappa shape index (κ2) is 32.5. The first-order valence-corrected chi connectivity index (χ1v) is 34.9. The van der Waals surface area contributed by atoms with E-state index in [0.29, 0.717) is 77.9 Å². The minimum absolute atomic E-state index is 0. The summed E-state index contributed by atoms with van der Waals surface area (Å²) < 4.78 is 97.1. The molecule has 0 radical (unpaired) electrons. The molecular weight excluding hydrogens is 1400 g/mol. The van der Waals surface area contributed by atoms with Crippen molar-refractivity contribution in [2.24, 2.45) is 0 Å². The maximum Gasteiger partial charge on any atom is 0.257 e. The number of nitrogens with zero attached hydrogens (tertiary/aromatic N) is 8. The van der Waals surface area contributed by atoms with Crippen LogP contribution in [0.1, 0.15) is 154 Å². The Kier molecular flexibility index (Phi) is 23.9. The first kappa shape index (κ1) is 74.9. The van der Waals surface area contributed by atoms with Gasteiger partial charge in [0.25, 0.3) is 17.7 Å². The summed E-state index contributed by atoms with van der Waals surface area (Å²) in [5.74, 6) is -3.05. The summed E-state index contributed by atoms with van der Waals surface area (Å²) in [5, 5.41) is 28.7. The van der Waals surface area contributed by atoms with Crippen LogP contribution in [0.25, 0.3) is 54.9 Å². The van der Waals surface area contributed by atoms with Gasteiger partial charge in [0, 0.05) is 38.4 Å². The Bertz CT molecular complexity index is 4880. The number of methoxy groups -OCH3 is 2. The lowest BCUT2D eigenvalue weighted by Gasteiger charge is -2.18. The van der Waals surface area contributed by atoms with Crippen molar-refractivity contribution in [1.82, 2.24) is 45.0 Å². The van der Waals surface area contributed by atoms with Gasteiger partial charge in [0.15, 0.2) is 0 Å². The van der Waals surface area contributed by atoms with Crippen LogP contribution < -0.4 is 14.8 Å². The van der Waals surface area contributed by atoms with Crippen LogP contribution in [-0.4, -0.2) is 81.9 Å². The van der Waals surface area contributed by atoms with Crippen LogP contribution >= 0.6 is 45.6 Å². The molecule has 0 fully saturated rings. The highest BCUT2D eigenvalue weighted by Crippen LogP contribution is 2.42. The molecule has 0 spiro atoms. The Hall–Kier alpha value is -9.76. The monoisotopic (exact) mass is 1470 g/mol. The number of fused-ring (bicyclic) bond motifs is 3. The van der Waals surface area contributed by atoms with Crippen LogP contribution in [0.5, 0.6) is 11.5 Å². The number of nitrogens with one attached hydrogen (secondary N) is 1. The fourth-order valence-corrected chi connectivity index (χ4v) is 14.4. The molecule has 528 valence electrons. The minimum atomic E-state index is -0.756. The molecule has 5 aromatic carbocycles. The van der Waals surface area contributed by atoms with Crippen LogP contribution in [0.2, 0.25) is 5.02 Å². The Morgan fingerprint density at radius 3 is 1.29 bits per heavy atom. The molecule has 3 amide bonds. The van der Waals surface area contributed by atoms with Gasteiger partial charge in [0.05, 0.1) is 155 Å². The van der Waals surface area contributed by atoms with E-state index < -0.39 is 34.9 Å². The zero-order chi connectivity index (χ0) is 72.1. The SMILES string of the molecule is C.CC(C)c1csc(-c2cc(-c3c(F)cccc3F)nc3c2C(=O)NC3)n1.CC(C)c1cscn1.COc1cc(CO)ccc1CN1Cc2nc(-c3c(F)cccc3F)cc(-c3nc(C(C)C)cs3)c2C1=O.COc1cc(CO)ccc1CN1Cc2nc(-c3c(F)cccc3F)cc(Cl)c2C1=O. The van der Waals surface area contributed by atoms with E-state index >= 15 is 0 Å². The second-order valence-electron chi connectivity index (χ2n) is 24.5. The summed E-state index contributed by atoms with van der Waals surface area (Å²) >= 11 is 10.8. The van der Waals surface area contributed by atoms with Crippen molar-refractivity contribution in [2.45, 2.75) is 113 Å². The number of rotatable bonds is 16. The fourth-order valence-electron chi connectivity index (χ4n) is 11.4. The minimum Gasteiger partial charge on any atom is -0.496 e. The van der Waals surface area contributed by atoms with Gasteiger partial charge in [-0.15, -0.1) is 34.0 Å². The van der Waals surface area contributed by atoms with Crippen LogP contribution in [0.15, 0.2) is 131 Å². The quantitative estimate of drug-likeness (QED) is 0.0771. The third-order valence-electron chi connectivity index (χ3n) is 16.7. The van der Waals surface area contributed by atoms with Gasteiger partial charge in [-0.1, -0.05) is 103 Å². The van der Waals surface area contributed by atoms with Gasteiger partial charge in [0.2, 0.25) is 0 Å². The standard InChI is InChI=1S/C28H25F2N3O3S.C22H17ClF2N2O3.C19H15F2N3OS.C6H9NS.CH4/c1-15(2)23-14-37-27(32-23)18-10-21(26-19(29)5-4-6-20(26)30)31-22-12-33(28(35)25(18)22)11-17-8-7-16(13-34)9-24(17)36-3;1-30-19-7-12(11-28)5-6-13(19)9-27-10-18-20(22(27)29)14(23)8-17(26-18)21-15(24)3-2-4-16(21)25;1-9(2)15-8-26-19(24-15)10-6-13(17-11(20)4-3-5-12(17)21)23-14-7-22-18(25)16(10)14;1-5(2)6-3-8-4-7-6;/h4-10,14-15,34H,11-13H2,1-3H3;2-8,28H,9-11H2,1H3;3-6,8-9H,7H2,1-2H3,(H,22,25);3-5H,1-2H3;1H4. The summed E-state index contributed by atoms with van der Waals surface area (Å²) in [6.07, 6.45) is 0. The van der Waals surface area contributed by atoms with E-state index in [-0.39, 0.29) is 127 Å². The number of aliphatic hydroxyl groups is 2. The van der Waals surface area contributed by atoms with Gasteiger partial charge in [0.1, 0.15) is 56.4 Å². The topological polar surface area (TPSA) is 206 Å². The first-order valence-electron chi connectivity index (χ1n) is 31.8. The zero-order valence-electron chi connectivity index (χ0n) is 55.8. The summed E-state index contributed by atoms with van der Waals surface area (Å²) in [7, 11) is 3.04.